The highest BCUT2D eigenvalue weighted by Crippen LogP contribution is 2.24. The number of nitriles is 1. The van der Waals surface area contributed by atoms with Crippen LogP contribution in [0.5, 0.6) is 0 Å². The molecule has 0 unspecified atom stereocenters. The van der Waals surface area contributed by atoms with Gasteiger partial charge in [0.15, 0.2) is 6.19 Å². The maximum atomic E-state index is 13.6. The van der Waals surface area contributed by atoms with E-state index in [0.717, 1.165) is 0 Å². The Labute approximate surface area is 104 Å². The molecule has 0 fully saturated rings. The summed E-state index contributed by atoms with van der Waals surface area (Å²) in [7, 11) is 1.69. The largest absolute Gasteiger partial charge is 0.327 e. The number of para-hydroxylation sites is 1. The fraction of sp³-hybridized carbons (Fsp3) is 0.0833. The third-order valence-corrected chi connectivity index (χ3v) is 2.39. The Balaban J connectivity index is 2.34. The van der Waals surface area contributed by atoms with Gasteiger partial charge in [0.1, 0.15) is 23.8 Å². The quantitative estimate of drug-likeness (QED) is 0.661. The number of benzene rings is 1. The van der Waals surface area contributed by atoms with Gasteiger partial charge in [-0.15, -0.1) is 0 Å². The predicted octanol–water partition coefficient (Wildman–Crippen LogP) is 2.28. The van der Waals surface area contributed by atoms with Gasteiger partial charge in [0.25, 0.3) is 0 Å². The molecule has 2 aromatic rings. The molecule has 90 valence electrons. The van der Waals surface area contributed by atoms with E-state index in [1.165, 1.54) is 12.4 Å². The Morgan fingerprint density at radius 1 is 1.33 bits per heavy atom. The van der Waals surface area contributed by atoms with Crippen molar-refractivity contribution >= 4 is 17.3 Å². The van der Waals surface area contributed by atoms with E-state index in [1.807, 2.05) is 0 Å². The van der Waals surface area contributed by atoms with Gasteiger partial charge in [-0.3, -0.25) is 5.32 Å². The van der Waals surface area contributed by atoms with Gasteiger partial charge in [-0.1, -0.05) is 12.1 Å². The van der Waals surface area contributed by atoms with E-state index in [1.54, 1.807) is 42.4 Å². The number of anilines is 3. The maximum absolute atomic E-state index is 13.6. The van der Waals surface area contributed by atoms with Crippen LogP contribution in [-0.2, 0) is 0 Å². The maximum Gasteiger partial charge on any atom is 0.182 e. The SMILES string of the molecule is CN(c1cc(NC#N)ncn1)c1ccccc1F. The number of nitrogens with zero attached hydrogens (tertiary/aromatic N) is 4. The Kier molecular flexibility index (Phi) is 3.34. The first-order valence-electron chi connectivity index (χ1n) is 5.18. The zero-order valence-corrected chi connectivity index (χ0v) is 9.63. The number of rotatable bonds is 3. The molecular formula is C12H10FN5. The summed E-state index contributed by atoms with van der Waals surface area (Å²) in [5.74, 6) is 0.520. The fourth-order valence-electron chi connectivity index (χ4n) is 1.50. The number of nitrogens with one attached hydrogen (secondary N) is 1. The standard InChI is InChI=1S/C12H10FN5/c1-18(10-5-3-2-4-9(10)13)12-6-11(15-7-14)16-8-17-12/h2-6,8H,1H3,(H,15,16,17). The van der Waals surface area contributed by atoms with Crippen molar-refractivity contribution in [1.29, 1.82) is 5.26 Å². The van der Waals surface area contributed by atoms with Crippen LogP contribution in [0.2, 0.25) is 0 Å². The van der Waals surface area contributed by atoms with Crippen molar-refractivity contribution < 1.29 is 4.39 Å². The van der Waals surface area contributed by atoms with Crippen LogP contribution >= 0.6 is 0 Å². The highest BCUT2D eigenvalue weighted by Gasteiger charge is 2.10. The average Bonchev–Trinajstić information content (AvgIpc) is 2.39. The van der Waals surface area contributed by atoms with Gasteiger partial charge in [-0.2, -0.15) is 5.26 Å². The first kappa shape index (κ1) is 11.8. The van der Waals surface area contributed by atoms with Crippen molar-refractivity contribution in [3.8, 4) is 6.19 Å². The molecule has 0 atom stereocenters. The molecule has 18 heavy (non-hydrogen) atoms. The van der Waals surface area contributed by atoms with E-state index in [4.69, 9.17) is 5.26 Å². The van der Waals surface area contributed by atoms with Gasteiger partial charge in [0.2, 0.25) is 0 Å². The second-order valence-electron chi connectivity index (χ2n) is 3.51. The van der Waals surface area contributed by atoms with Crippen LogP contribution in [0.4, 0.5) is 21.7 Å². The van der Waals surface area contributed by atoms with Crippen molar-refractivity contribution in [2.24, 2.45) is 0 Å². The Morgan fingerprint density at radius 2 is 2.11 bits per heavy atom. The summed E-state index contributed by atoms with van der Waals surface area (Å²) in [6.07, 6.45) is 3.08. The molecule has 0 aliphatic rings. The summed E-state index contributed by atoms with van der Waals surface area (Å²) in [6, 6.07) is 7.95. The summed E-state index contributed by atoms with van der Waals surface area (Å²) in [5.41, 5.74) is 0.402. The zero-order valence-electron chi connectivity index (χ0n) is 9.63. The molecule has 1 aromatic carbocycles. The van der Waals surface area contributed by atoms with Crippen LogP contribution in [0, 0.1) is 17.3 Å². The van der Waals surface area contributed by atoms with Gasteiger partial charge in [0, 0.05) is 13.1 Å². The third-order valence-electron chi connectivity index (χ3n) is 2.39. The van der Waals surface area contributed by atoms with Crippen LogP contribution in [0.1, 0.15) is 0 Å². The second kappa shape index (κ2) is 5.10. The van der Waals surface area contributed by atoms with Crippen molar-refractivity contribution in [3.05, 3.63) is 42.5 Å². The van der Waals surface area contributed by atoms with Crippen molar-refractivity contribution in [2.45, 2.75) is 0 Å². The van der Waals surface area contributed by atoms with Crippen LogP contribution < -0.4 is 10.2 Å². The molecule has 0 saturated carbocycles. The van der Waals surface area contributed by atoms with Crippen molar-refractivity contribution in [1.82, 2.24) is 9.97 Å². The highest BCUT2D eigenvalue weighted by molar-refractivity contribution is 5.62. The van der Waals surface area contributed by atoms with E-state index in [9.17, 15) is 4.39 Å². The number of hydrogen-bond donors (Lipinski definition) is 1. The Morgan fingerprint density at radius 3 is 2.83 bits per heavy atom. The second-order valence-corrected chi connectivity index (χ2v) is 3.51. The number of aromatic nitrogens is 2. The summed E-state index contributed by atoms with van der Waals surface area (Å²) >= 11 is 0. The molecule has 0 bridgehead atoms. The summed E-state index contributed by atoms with van der Waals surface area (Å²) in [5, 5.41) is 10.9. The first-order valence-corrected chi connectivity index (χ1v) is 5.18. The number of hydrogen-bond acceptors (Lipinski definition) is 5. The van der Waals surface area contributed by atoms with E-state index < -0.39 is 0 Å². The molecule has 0 aliphatic heterocycles. The van der Waals surface area contributed by atoms with E-state index in [0.29, 0.717) is 17.3 Å². The minimum atomic E-state index is -0.339. The average molecular weight is 243 g/mol. The van der Waals surface area contributed by atoms with E-state index in [-0.39, 0.29) is 5.82 Å². The Bertz CT molecular complexity index is 593. The predicted molar refractivity (Wildman–Crippen MR) is 65.7 cm³/mol. The summed E-state index contributed by atoms with van der Waals surface area (Å²) in [4.78, 5) is 9.48. The molecule has 1 heterocycles. The molecule has 0 aliphatic carbocycles. The zero-order chi connectivity index (χ0) is 13.0. The lowest BCUT2D eigenvalue weighted by molar-refractivity contribution is 0.627. The summed E-state index contributed by atoms with van der Waals surface area (Å²) < 4.78 is 13.6. The summed E-state index contributed by atoms with van der Waals surface area (Å²) in [6.45, 7) is 0. The van der Waals surface area contributed by atoms with Crippen LogP contribution in [0.3, 0.4) is 0 Å². The van der Waals surface area contributed by atoms with Gasteiger partial charge in [0.05, 0.1) is 5.69 Å². The first-order chi connectivity index (χ1) is 8.72. The van der Waals surface area contributed by atoms with Gasteiger partial charge >= 0.3 is 0 Å². The molecule has 0 spiro atoms. The molecule has 2 rings (SSSR count). The van der Waals surface area contributed by atoms with Gasteiger partial charge in [-0.25, -0.2) is 14.4 Å². The topological polar surface area (TPSA) is 64.8 Å². The molecular weight excluding hydrogens is 233 g/mol. The lowest BCUT2D eigenvalue weighted by Crippen LogP contribution is -2.13. The van der Waals surface area contributed by atoms with E-state index in [2.05, 4.69) is 15.3 Å². The van der Waals surface area contributed by atoms with Gasteiger partial charge in [-0.05, 0) is 12.1 Å². The van der Waals surface area contributed by atoms with Crippen LogP contribution in [0.25, 0.3) is 0 Å². The van der Waals surface area contributed by atoms with E-state index >= 15 is 0 Å². The minimum Gasteiger partial charge on any atom is -0.327 e. The monoisotopic (exact) mass is 243 g/mol. The van der Waals surface area contributed by atoms with Crippen molar-refractivity contribution in [3.63, 3.8) is 0 Å². The number of halogens is 1. The lowest BCUT2D eigenvalue weighted by Gasteiger charge is -2.18. The molecule has 0 radical (unpaired) electrons. The highest BCUT2D eigenvalue weighted by atomic mass is 19.1. The molecule has 6 heteroatoms. The third kappa shape index (κ3) is 2.35. The minimum absolute atomic E-state index is 0.339. The van der Waals surface area contributed by atoms with Crippen molar-refractivity contribution in [2.75, 3.05) is 17.3 Å². The van der Waals surface area contributed by atoms with Gasteiger partial charge < -0.3 is 4.90 Å². The molecule has 0 amide bonds. The smallest absolute Gasteiger partial charge is 0.182 e. The molecule has 1 N–H and O–H groups in total. The molecule has 0 saturated heterocycles. The lowest BCUT2D eigenvalue weighted by atomic mass is 10.3. The Hall–Kier alpha value is -2.68. The van der Waals surface area contributed by atoms with Crippen LogP contribution in [-0.4, -0.2) is 17.0 Å². The van der Waals surface area contributed by atoms with Crippen LogP contribution in [0.15, 0.2) is 36.7 Å². The molecule has 1 aromatic heterocycles. The fourth-order valence-corrected chi connectivity index (χ4v) is 1.50. The molecule has 5 nitrogen and oxygen atoms in total. The normalized spacial score (nSPS) is 9.61.